The number of H-pyrrole nitrogens is 1. The number of hydrogen-bond acceptors (Lipinski definition) is 3. The molecule has 0 fully saturated rings. The SMILES string of the molecule is CC1COc2ccccc2C1Nc1cccc2[nH]ncc12. The summed E-state index contributed by atoms with van der Waals surface area (Å²) in [6.45, 7) is 2.94. The Labute approximate surface area is 123 Å². The van der Waals surface area contributed by atoms with E-state index in [4.69, 9.17) is 4.74 Å². The van der Waals surface area contributed by atoms with Crippen LogP contribution >= 0.6 is 0 Å². The highest BCUT2D eigenvalue weighted by Gasteiger charge is 2.27. The monoisotopic (exact) mass is 279 g/mol. The number of hydrogen-bond donors (Lipinski definition) is 2. The normalized spacial score (nSPS) is 20.8. The van der Waals surface area contributed by atoms with Crippen LogP contribution in [0.2, 0.25) is 0 Å². The zero-order chi connectivity index (χ0) is 14.2. The van der Waals surface area contributed by atoms with Gasteiger partial charge in [0.05, 0.1) is 24.4 Å². The number of rotatable bonds is 2. The van der Waals surface area contributed by atoms with E-state index in [0.717, 1.165) is 28.9 Å². The molecule has 0 saturated heterocycles. The molecule has 106 valence electrons. The zero-order valence-corrected chi connectivity index (χ0v) is 11.8. The molecule has 0 amide bonds. The van der Waals surface area contributed by atoms with Gasteiger partial charge in [0, 0.05) is 22.6 Å². The summed E-state index contributed by atoms with van der Waals surface area (Å²) < 4.78 is 5.82. The number of nitrogens with zero attached hydrogens (tertiary/aromatic N) is 1. The van der Waals surface area contributed by atoms with Crippen molar-refractivity contribution in [1.82, 2.24) is 10.2 Å². The first-order valence-electron chi connectivity index (χ1n) is 7.23. The standard InChI is InChI=1S/C17H17N3O/c1-11-10-21-16-8-3-2-5-12(16)17(11)19-14-6-4-7-15-13(14)9-18-20-15/h2-9,11,17,19H,10H2,1H3,(H,18,20). The van der Waals surface area contributed by atoms with E-state index in [0.29, 0.717) is 5.92 Å². The predicted molar refractivity (Wildman–Crippen MR) is 83.6 cm³/mol. The minimum Gasteiger partial charge on any atom is -0.493 e. The maximum Gasteiger partial charge on any atom is 0.124 e. The fourth-order valence-corrected chi connectivity index (χ4v) is 2.97. The van der Waals surface area contributed by atoms with Gasteiger partial charge < -0.3 is 10.1 Å². The fourth-order valence-electron chi connectivity index (χ4n) is 2.97. The van der Waals surface area contributed by atoms with Crippen LogP contribution in [0.4, 0.5) is 5.69 Å². The van der Waals surface area contributed by atoms with Gasteiger partial charge in [0.25, 0.3) is 0 Å². The number of nitrogens with one attached hydrogen (secondary N) is 2. The highest BCUT2D eigenvalue weighted by molar-refractivity contribution is 5.91. The molecule has 4 heteroatoms. The van der Waals surface area contributed by atoms with Crippen molar-refractivity contribution < 1.29 is 4.74 Å². The maximum absolute atomic E-state index is 5.82. The molecule has 1 aromatic heterocycles. The number of aromatic nitrogens is 2. The van der Waals surface area contributed by atoms with Crippen molar-refractivity contribution in [3.8, 4) is 5.75 Å². The second kappa shape index (κ2) is 4.81. The highest BCUT2D eigenvalue weighted by atomic mass is 16.5. The van der Waals surface area contributed by atoms with Crippen molar-refractivity contribution in [2.75, 3.05) is 11.9 Å². The average molecular weight is 279 g/mol. The molecular formula is C17H17N3O. The second-order valence-corrected chi connectivity index (χ2v) is 5.58. The molecule has 2 unspecified atom stereocenters. The molecule has 2 N–H and O–H groups in total. The third-order valence-corrected chi connectivity index (χ3v) is 4.12. The number of para-hydroxylation sites is 1. The number of aromatic amines is 1. The molecule has 1 aliphatic heterocycles. The van der Waals surface area contributed by atoms with E-state index < -0.39 is 0 Å². The third-order valence-electron chi connectivity index (χ3n) is 4.12. The Morgan fingerprint density at radius 3 is 3.05 bits per heavy atom. The summed E-state index contributed by atoms with van der Waals surface area (Å²) in [6, 6.07) is 14.7. The van der Waals surface area contributed by atoms with E-state index in [-0.39, 0.29) is 6.04 Å². The van der Waals surface area contributed by atoms with Gasteiger partial charge in [0.2, 0.25) is 0 Å². The minimum atomic E-state index is 0.246. The molecule has 2 heterocycles. The van der Waals surface area contributed by atoms with Crippen molar-refractivity contribution in [2.24, 2.45) is 5.92 Å². The maximum atomic E-state index is 5.82. The summed E-state index contributed by atoms with van der Waals surface area (Å²) >= 11 is 0. The van der Waals surface area contributed by atoms with Gasteiger partial charge in [-0.05, 0) is 18.2 Å². The van der Waals surface area contributed by atoms with Crippen LogP contribution in [-0.4, -0.2) is 16.8 Å². The smallest absolute Gasteiger partial charge is 0.124 e. The van der Waals surface area contributed by atoms with Gasteiger partial charge in [-0.3, -0.25) is 5.10 Å². The number of fused-ring (bicyclic) bond motifs is 2. The molecule has 4 rings (SSSR count). The number of anilines is 1. The third kappa shape index (κ3) is 2.03. The largest absolute Gasteiger partial charge is 0.493 e. The summed E-state index contributed by atoms with van der Waals surface area (Å²) in [5.74, 6) is 1.38. The minimum absolute atomic E-state index is 0.246. The van der Waals surface area contributed by atoms with Gasteiger partial charge in [0.15, 0.2) is 0 Å². The molecular weight excluding hydrogens is 262 g/mol. The molecule has 2 atom stereocenters. The molecule has 1 aliphatic rings. The van der Waals surface area contributed by atoms with Crippen molar-refractivity contribution >= 4 is 16.6 Å². The van der Waals surface area contributed by atoms with E-state index in [9.17, 15) is 0 Å². The lowest BCUT2D eigenvalue weighted by atomic mass is 9.91. The first kappa shape index (κ1) is 12.3. The highest BCUT2D eigenvalue weighted by Crippen LogP contribution is 2.38. The molecule has 0 spiro atoms. The van der Waals surface area contributed by atoms with Crippen LogP contribution in [0, 0.1) is 5.92 Å². The molecule has 21 heavy (non-hydrogen) atoms. The van der Waals surface area contributed by atoms with Crippen LogP contribution in [0.5, 0.6) is 5.75 Å². The van der Waals surface area contributed by atoms with Crippen LogP contribution in [-0.2, 0) is 0 Å². The van der Waals surface area contributed by atoms with E-state index in [1.807, 2.05) is 30.5 Å². The van der Waals surface area contributed by atoms with Gasteiger partial charge in [-0.2, -0.15) is 5.10 Å². The molecule has 2 aromatic carbocycles. The van der Waals surface area contributed by atoms with Gasteiger partial charge in [0.1, 0.15) is 5.75 Å². The molecule has 0 saturated carbocycles. The molecule has 0 radical (unpaired) electrons. The summed E-state index contributed by atoms with van der Waals surface area (Å²) in [6.07, 6.45) is 1.87. The van der Waals surface area contributed by atoms with Gasteiger partial charge in [-0.15, -0.1) is 0 Å². The van der Waals surface area contributed by atoms with Crippen LogP contribution in [0.15, 0.2) is 48.7 Å². The Hall–Kier alpha value is -2.49. The predicted octanol–water partition coefficient (Wildman–Crippen LogP) is 3.74. The van der Waals surface area contributed by atoms with E-state index in [1.54, 1.807) is 0 Å². The van der Waals surface area contributed by atoms with Crippen molar-refractivity contribution in [1.29, 1.82) is 0 Å². The first-order valence-corrected chi connectivity index (χ1v) is 7.23. The number of benzene rings is 2. The van der Waals surface area contributed by atoms with Crippen molar-refractivity contribution in [2.45, 2.75) is 13.0 Å². The molecule has 3 aromatic rings. The van der Waals surface area contributed by atoms with Gasteiger partial charge in [-0.25, -0.2) is 0 Å². The molecule has 0 aliphatic carbocycles. The second-order valence-electron chi connectivity index (χ2n) is 5.58. The van der Waals surface area contributed by atoms with E-state index in [2.05, 4.69) is 40.6 Å². The fraction of sp³-hybridized carbons (Fsp3) is 0.235. The van der Waals surface area contributed by atoms with E-state index in [1.165, 1.54) is 5.56 Å². The summed E-state index contributed by atoms with van der Waals surface area (Å²) in [5.41, 5.74) is 3.37. The quantitative estimate of drug-likeness (QED) is 0.751. The summed E-state index contributed by atoms with van der Waals surface area (Å²) in [5, 5.41) is 11.9. The zero-order valence-electron chi connectivity index (χ0n) is 11.8. The van der Waals surface area contributed by atoms with Gasteiger partial charge >= 0.3 is 0 Å². The van der Waals surface area contributed by atoms with Crippen LogP contribution in [0.3, 0.4) is 0 Å². The lowest BCUT2D eigenvalue weighted by Gasteiger charge is -2.33. The first-order chi connectivity index (χ1) is 10.3. The Morgan fingerprint density at radius 2 is 2.10 bits per heavy atom. The van der Waals surface area contributed by atoms with E-state index >= 15 is 0 Å². The Bertz CT molecular complexity index is 780. The van der Waals surface area contributed by atoms with Crippen LogP contribution < -0.4 is 10.1 Å². The van der Waals surface area contributed by atoms with Crippen LogP contribution in [0.1, 0.15) is 18.5 Å². The van der Waals surface area contributed by atoms with Crippen LogP contribution in [0.25, 0.3) is 10.9 Å². The average Bonchev–Trinajstić information content (AvgIpc) is 2.99. The summed E-state index contributed by atoms with van der Waals surface area (Å²) in [4.78, 5) is 0. The Morgan fingerprint density at radius 1 is 1.19 bits per heavy atom. The Kier molecular flexibility index (Phi) is 2.81. The topological polar surface area (TPSA) is 49.9 Å². The number of ether oxygens (including phenoxy) is 1. The lowest BCUT2D eigenvalue weighted by molar-refractivity contribution is 0.214. The Balaban J connectivity index is 1.75. The molecule has 0 bridgehead atoms. The van der Waals surface area contributed by atoms with Gasteiger partial charge in [-0.1, -0.05) is 31.2 Å². The van der Waals surface area contributed by atoms with Crippen molar-refractivity contribution in [3.05, 3.63) is 54.2 Å². The molecule has 4 nitrogen and oxygen atoms in total. The van der Waals surface area contributed by atoms with Crippen molar-refractivity contribution in [3.63, 3.8) is 0 Å². The summed E-state index contributed by atoms with van der Waals surface area (Å²) in [7, 11) is 0. The lowest BCUT2D eigenvalue weighted by Crippen LogP contribution is -2.28.